The Morgan fingerprint density at radius 1 is 1.35 bits per heavy atom. The van der Waals surface area contributed by atoms with Gasteiger partial charge >= 0.3 is 0 Å². The summed E-state index contributed by atoms with van der Waals surface area (Å²) in [6.45, 7) is 3.48. The topological polar surface area (TPSA) is 58.2 Å². The minimum atomic E-state index is -3.83. The molecule has 0 saturated carbocycles. The molecule has 4 nitrogen and oxygen atoms in total. The molecular formula is C13H18F2N2O2S. The third kappa shape index (κ3) is 3.53. The standard InChI is InChI=1S/C13H18F2N2O2S/c1-9(10-3-2-6-16-8-10)17-20(18,19)11-4-5-12(14)13(15)7-11/h4-5,7,9-10,16-17H,2-3,6,8H2,1H3. The number of piperidine rings is 1. The van der Waals surface area contributed by atoms with Crippen molar-refractivity contribution < 1.29 is 17.2 Å². The molecule has 1 heterocycles. The van der Waals surface area contributed by atoms with Crippen LogP contribution in [0.2, 0.25) is 0 Å². The highest BCUT2D eigenvalue weighted by molar-refractivity contribution is 7.89. The molecular weight excluding hydrogens is 286 g/mol. The average molecular weight is 304 g/mol. The zero-order valence-electron chi connectivity index (χ0n) is 11.2. The molecule has 1 aromatic rings. The maximum absolute atomic E-state index is 13.1. The van der Waals surface area contributed by atoms with Crippen LogP contribution >= 0.6 is 0 Å². The Morgan fingerprint density at radius 2 is 2.10 bits per heavy atom. The van der Waals surface area contributed by atoms with Crippen LogP contribution in [0.25, 0.3) is 0 Å². The van der Waals surface area contributed by atoms with Crippen molar-refractivity contribution in [3.05, 3.63) is 29.8 Å². The predicted molar refractivity (Wildman–Crippen MR) is 71.7 cm³/mol. The second-order valence-corrected chi connectivity index (χ2v) is 6.81. The zero-order valence-corrected chi connectivity index (χ0v) is 12.0. The number of rotatable bonds is 4. The highest BCUT2D eigenvalue weighted by atomic mass is 32.2. The smallest absolute Gasteiger partial charge is 0.240 e. The van der Waals surface area contributed by atoms with Gasteiger partial charge in [0.2, 0.25) is 10.0 Å². The molecule has 1 aliphatic rings. The van der Waals surface area contributed by atoms with Crippen LogP contribution in [0.15, 0.2) is 23.1 Å². The zero-order chi connectivity index (χ0) is 14.8. The van der Waals surface area contributed by atoms with Crippen molar-refractivity contribution in [2.75, 3.05) is 13.1 Å². The molecule has 112 valence electrons. The lowest BCUT2D eigenvalue weighted by Crippen LogP contribution is -2.44. The number of hydrogen-bond donors (Lipinski definition) is 2. The van der Waals surface area contributed by atoms with E-state index in [1.807, 2.05) is 0 Å². The molecule has 2 rings (SSSR count). The SMILES string of the molecule is CC(NS(=O)(=O)c1ccc(F)c(F)c1)C1CCCNC1. The van der Waals surface area contributed by atoms with E-state index in [0.717, 1.165) is 38.1 Å². The van der Waals surface area contributed by atoms with Crippen molar-refractivity contribution in [1.82, 2.24) is 10.0 Å². The van der Waals surface area contributed by atoms with Crippen LogP contribution in [0.1, 0.15) is 19.8 Å². The van der Waals surface area contributed by atoms with Gasteiger partial charge in [-0.05, 0) is 57.0 Å². The molecule has 7 heteroatoms. The Bertz CT molecular complexity index is 572. The summed E-state index contributed by atoms with van der Waals surface area (Å²) in [5, 5.41) is 3.21. The number of benzene rings is 1. The summed E-state index contributed by atoms with van der Waals surface area (Å²) < 4.78 is 52.8. The van der Waals surface area contributed by atoms with Gasteiger partial charge < -0.3 is 5.32 Å². The Kier molecular flexibility index (Phi) is 4.72. The molecule has 0 spiro atoms. The van der Waals surface area contributed by atoms with Crippen molar-refractivity contribution >= 4 is 10.0 Å². The van der Waals surface area contributed by atoms with Crippen LogP contribution in [-0.2, 0) is 10.0 Å². The first-order valence-corrected chi connectivity index (χ1v) is 8.06. The molecule has 20 heavy (non-hydrogen) atoms. The number of sulfonamides is 1. The Balaban J connectivity index is 2.11. The van der Waals surface area contributed by atoms with Crippen LogP contribution in [-0.4, -0.2) is 27.5 Å². The molecule has 2 unspecified atom stereocenters. The largest absolute Gasteiger partial charge is 0.316 e. The van der Waals surface area contributed by atoms with E-state index < -0.39 is 21.7 Å². The van der Waals surface area contributed by atoms with Gasteiger partial charge in [-0.2, -0.15) is 0 Å². The number of hydrogen-bond acceptors (Lipinski definition) is 3. The van der Waals surface area contributed by atoms with E-state index in [2.05, 4.69) is 10.0 Å². The van der Waals surface area contributed by atoms with Gasteiger partial charge in [-0.15, -0.1) is 0 Å². The van der Waals surface area contributed by atoms with Gasteiger partial charge in [0.25, 0.3) is 0 Å². The van der Waals surface area contributed by atoms with Gasteiger partial charge in [-0.1, -0.05) is 0 Å². The predicted octanol–water partition coefficient (Wildman–Crippen LogP) is 1.63. The van der Waals surface area contributed by atoms with Gasteiger partial charge in [0.05, 0.1) is 4.90 Å². The molecule has 1 saturated heterocycles. The summed E-state index contributed by atoms with van der Waals surface area (Å²) in [7, 11) is -3.83. The normalized spacial score (nSPS) is 21.6. The number of halogens is 2. The molecule has 0 aromatic heterocycles. The van der Waals surface area contributed by atoms with Crippen LogP contribution in [0.5, 0.6) is 0 Å². The minimum absolute atomic E-state index is 0.198. The molecule has 0 bridgehead atoms. The molecule has 0 amide bonds. The quantitative estimate of drug-likeness (QED) is 0.889. The Morgan fingerprint density at radius 3 is 2.70 bits per heavy atom. The van der Waals surface area contributed by atoms with Gasteiger partial charge in [-0.25, -0.2) is 21.9 Å². The fourth-order valence-corrected chi connectivity index (χ4v) is 3.68. The summed E-state index contributed by atoms with van der Waals surface area (Å²) in [6.07, 6.45) is 1.94. The molecule has 0 radical (unpaired) electrons. The lowest BCUT2D eigenvalue weighted by molar-refractivity contribution is 0.320. The lowest BCUT2D eigenvalue weighted by atomic mass is 9.94. The third-order valence-electron chi connectivity index (χ3n) is 3.58. The molecule has 2 atom stereocenters. The fourth-order valence-electron chi connectivity index (χ4n) is 2.36. The van der Waals surface area contributed by atoms with E-state index >= 15 is 0 Å². The lowest BCUT2D eigenvalue weighted by Gasteiger charge is -2.28. The first-order chi connectivity index (χ1) is 9.40. The molecule has 2 N–H and O–H groups in total. The highest BCUT2D eigenvalue weighted by Crippen LogP contribution is 2.18. The Hall–Kier alpha value is -1.05. The van der Waals surface area contributed by atoms with Gasteiger partial charge in [0.15, 0.2) is 11.6 Å². The summed E-state index contributed by atoms with van der Waals surface area (Å²) in [5.74, 6) is -2.03. The van der Waals surface area contributed by atoms with E-state index in [9.17, 15) is 17.2 Å². The molecule has 1 aromatic carbocycles. The van der Waals surface area contributed by atoms with Gasteiger partial charge in [-0.3, -0.25) is 0 Å². The number of nitrogens with one attached hydrogen (secondary N) is 2. The van der Waals surface area contributed by atoms with Crippen molar-refractivity contribution in [2.24, 2.45) is 5.92 Å². The van der Waals surface area contributed by atoms with E-state index in [1.165, 1.54) is 0 Å². The summed E-state index contributed by atoms with van der Waals surface area (Å²) >= 11 is 0. The average Bonchev–Trinajstić information content (AvgIpc) is 2.42. The van der Waals surface area contributed by atoms with Crippen molar-refractivity contribution in [3.8, 4) is 0 Å². The van der Waals surface area contributed by atoms with Crippen molar-refractivity contribution in [2.45, 2.75) is 30.7 Å². The first kappa shape index (κ1) is 15.3. The van der Waals surface area contributed by atoms with Crippen LogP contribution in [0, 0.1) is 17.6 Å². The second-order valence-electron chi connectivity index (χ2n) is 5.09. The second kappa shape index (κ2) is 6.15. The summed E-state index contributed by atoms with van der Waals surface area (Å²) in [5.41, 5.74) is 0. The maximum Gasteiger partial charge on any atom is 0.240 e. The van der Waals surface area contributed by atoms with Crippen LogP contribution in [0.4, 0.5) is 8.78 Å². The highest BCUT2D eigenvalue weighted by Gasteiger charge is 2.25. The fraction of sp³-hybridized carbons (Fsp3) is 0.538. The molecule has 1 aliphatic heterocycles. The summed E-state index contributed by atoms with van der Waals surface area (Å²) in [4.78, 5) is -0.257. The molecule has 0 aliphatic carbocycles. The monoisotopic (exact) mass is 304 g/mol. The van der Waals surface area contributed by atoms with E-state index in [4.69, 9.17) is 0 Å². The van der Waals surface area contributed by atoms with E-state index in [1.54, 1.807) is 6.92 Å². The first-order valence-electron chi connectivity index (χ1n) is 6.58. The van der Waals surface area contributed by atoms with Gasteiger partial charge in [0, 0.05) is 6.04 Å². The maximum atomic E-state index is 13.1. The van der Waals surface area contributed by atoms with Crippen LogP contribution in [0.3, 0.4) is 0 Å². The van der Waals surface area contributed by atoms with Crippen molar-refractivity contribution in [1.29, 1.82) is 0 Å². The Labute approximate surface area is 117 Å². The molecule has 1 fully saturated rings. The van der Waals surface area contributed by atoms with Gasteiger partial charge in [0.1, 0.15) is 0 Å². The van der Waals surface area contributed by atoms with Crippen LogP contribution < -0.4 is 10.0 Å². The van der Waals surface area contributed by atoms with E-state index in [-0.39, 0.29) is 16.9 Å². The summed E-state index contributed by atoms with van der Waals surface area (Å²) in [6, 6.07) is 2.31. The third-order valence-corrected chi connectivity index (χ3v) is 5.14. The minimum Gasteiger partial charge on any atom is -0.316 e. The van der Waals surface area contributed by atoms with Crippen molar-refractivity contribution in [3.63, 3.8) is 0 Å². The van der Waals surface area contributed by atoms with E-state index in [0.29, 0.717) is 6.07 Å².